The van der Waals surface area contributed by atoms with Gasteiger partial charge in [-0.2, -0.15) is 0 Å². The van der Waals surface area contributed by atoms with E-state index in [1.807, 2.05) is 60.7 Å². The molecule has 17 heteroatoms. The van der Waals surface area contributed by atoms with Crippen molar-refractivity contribution >= 4 is 45.6 Å². The average molecular weight is 788 g/mol. The van der Waals surface area contributed by atoms with Gasteiger partial charge in [-0.05, 0) is 47.5 Å². The average Bonchev–Trinajstić information content (AvgIpc) is 3.16. The Kier molecular flexibility index (Phi) is 22.7. The maximum Gasteiger partial charge on any atom is 2.00 e. The molecular formula is C35H30N10Ni2O5. The van der Waals surface area contributed by atoms with Crippen LogP contribution in [-0.4, -0.2) is 48.8 Å². The van der Waals surface area contributed by atoms with Gasteiger partial charge in [0.25, 0.3) is 0 Å². The summed E-state index contributed by atoms with van der Waals surface area (Å²) in [6.07, 6.45) is 6.56. The van der Waals surface area contributed by atoms with Crippen molar-refractivity contribution in [3.05, 3.63) is 153 Å². The summed E-state index contributed by atoms with van der Waals surface area (Å²) < 4.78 is 10.0. The SMILES string of the molecule is CO.COc1cccc(C=Nc2cccc3cccnc23)c1[O-].COc1cccc(C=Nc2cccc3cccnc23)c1[O-].[N-]=[N+]=[N-].[N-]=[N+]=[N-].[Ni+2].[Ni+2]. The van der Waals surface area contributed by atoms with E-state index >= 15 is 0 Å². The van der Waals surface area contributed by atoms with E-state index in [1.54, 1.807) is 61.2 Å². The number of pyridine rings is 2. The van der Waals surface area contributed by atoms with Crippen LogP contribution in [0.4, 0.5) is 11.4 Å². The summed E-state index contributed by atoms with van der Waals surface area (Å²) in [6, 6.07) is 29.5. The number of hydrogen-bond acceptors (Lipinski definition) is 9. The van der Waals surface area contributed by atoms with Gasteiger partial charge in [-0.25, -0.2) is 0 Å². The molecule has 270 valence electrons. The number of para-hydroxylation sites is 4. The first-order chi connectivity index (χ1) is 24.4. The molecule has 0 fully saturated rings. The molecule has 2 aromatic heterocycles. The molecule has 0 bridgehead atoms. The van der Waals surface area contributed by atoms with E-state index in [1.165, 1.54) is 24.0 Å². The third-order valence-corrected chi connectivity index (χ3v) is 6.37. The van der Waals surface area contributed by atoms with Gasteiger partial charge in [0, 0.05) is 42.7 Å². The van der Waals surface area contributed by atoms with Crippen LogP contribution in [0.5, 0.6) is 23.0 Å². The van der Waals surface area contributed by atoms with Gasteiger partial charge in [-0.15, -0.1) is 0 Å². The molecule has 0 aliphatic rings. The summed E-state index contributed by atoms with van der Waals surface area (Å²) in [5, 5.41) is 33.1. The molecule has 15 nitrogen and oxygen atoms in total. The van der Waals surface area contributed by atoms with Gasteiger partial charge in [-0.3, -0.25) is 29.8 Å². The summed E-state index contributed by atoms with van der Waals surface area (Å²) in [4.78, 5) is 20.5. The topological polar surface area (TPSA) is 253 Å². The number of aliphatic hydroxyl groups is 1. The van der Waals surface area contributed by atoms with Crippen molar-refractivity contribution in [2.24, 2.45) is 9.98 Å². The Hall–Kier alpha value is -6.19. The van der Waals surface area contributed by atoms with E-state index in [-0.39, 0.29) is 44.5 Å². The fourth-order valence-corrected chi connectivity index (χ4v) is 4.25. The van der Waals surface area contributed by atoms with Gasteiger partial charge < -0.3 is 46.9 Å². The van der Waals surface area contributed by atoms with Crippen molar-refractivity contribution < 1.29 is 57.8 Å². The van der Waals surface area contributed by atoms with Crippen molar-refractivity contribution in [2.45, 2.75) is 0 Å². The Labute approximate surface area is 319 Å². The maximum absolute atomic E-state index is 12.1. The Balaban J connectivity index is 0.000000809. The molecule has 0 spiro atoms. The van der Waals surface area contributed by atoms with Gasteiger partial charge in [-0.1, -0.05) is 72.2 Å². The molecule has 0 atom stereocenters. The molecule has 1 N–H and O–H groups in total. The Morgan fingerprint density at radius 3 is 1.25 bits per heavy atom. The van der Waals surface area contributed by atoms with Crippen LogP contribution < -0.4 is 19.7 Å². The molecule has 0 aliphatic heterocycles. The first-order valence-corrected chi connectivity index (χ1v) is 14.3. The summed E-state index contributed by atoms with van der Waals surface area (Å²) >= 11 is 0. The number of fused-ring (bicyclic) bond motifs is 2. The van der Waals surface area contributed by atoms with Crippen molar-refractivity contribution in [3.8, 4) is 23.0 Å². The molecule has 6 aromatic rings. The van der Waals surface area contributed by atoms with Gasteiger partial charge >= 0.3 is 33.0 Å². The minimum absolute atomic E-state index is 0. The van der Waals surface area contributed by atoms with Crippen molar-refractivity contribution in [1.29, 1.82) is 0 Å². The molecule has 4 aromatic carbocycles. The van der Waals surface area contributed by atoms with Gasteiger partial charge in [0.15, 0.2) is 0 Å². The van der Waals surface area contributed by atoms with Crippen LogP contribution in [-0.2, 0) is 33.0 Å². The predicted octanol–water partition coefficient (Wildman–Crippen LogP) is 7.47. The van der Waals surface area contributed by atoms with Crippen LogP contribution in [0.2, 0.25) is 0 Å². The molecule has 0 amide bonds. The fraction of sp³-hybridized carbons (Fsp3) is 0.0857. The maximum atomic E-state index is 12.1. The summed E-state index contributed by atoms with van der Waals surface area (Å²) in [5.74, 6) is 0.291. The van der Waals surface area contributed by atoms with Crippen molar-refractivity contribution in [3.63, 3.8) is 0 Å². The standard InChI is InChI=1S/2C17H14N2O2.CH4O.2N3.2Ni/c2*1-21-15-9-3-6-13(17(15)20)11-19-14-8-2-5-12-7-4-10-18-16(12)14;1-2;2*1-3-2;;/h2*2-11,20H,1H3;2H,1H3;;;;/q;;;2*-1;2*+2/p-2. The quantitative estimate of drug-likeness (QED) is 0.0585. The second-order valence-electron chi connectivity index (χ2n) is 9.16. The number of hydrogen-bond donors (Lipinski definition) is 1. The monoisotopic (exact) mass is 786 g/mol. The number of aromatic nitrogens is 2. The molecule has 52 heavy (non-hydrogen) atoms. The molecule has 0 radical (unpaired) electrons. The minimum atomic E-state index is -0.169. The summed E-state index contributed by atoms with van der Waals surface area (Å²) in [6.45, 7) is 0. The molecule has 0 unspecified atom stereocenters. The van der Waals surface area contributed by atoms with Crippen LogP contribution in [0.15, 0.2) is 119 Å². The normalized spacial score (nSPS) is 9.38. The number of aliphatic imine (C=N–C) groups is 2. The predicted molar refractivity (Wildman–Crippen MR) is 191 cm³/mol. The third kappa shape index (κ3) is 13.3. The Morgan fingerprint density at radius 2 is 0.904 bits per heavy atom. The zero-order valence-corrected chi connectivity index (χ0v) is 29.7. The molecule has 6 rings (SSSR count). The molecular weight excluding hydrogens is 758 g/mol. The molecule has 0 aliphatic carbocycles. The molecule has 0 saturated carbocycles. The van der Waals surface area contributed by atoms with E-state index in [0.29, 0.717) is 22.6 Å². The second kappa shape index (κ2) is 25.7. The van der Waals surface area contributed by atoms with E-state index < -0.39 is 0 Å². The van der Waals surface area contributed by atoms with E-state index in [0.717, 1.165) is 40.3 Å². The Morgan fingerprint density at radius 1 is 0.577 bits per heavy atom. The second-order valence-corrected chi connectivity index (χ2v) is 9.16. The number of nitrogens with zero attached hydrogens (tertiary/aromatic N) is 10. The minimum Gasteiger partial charge on any atom is -0.870 e. The first-order valence-electron chi connectivity index (χ1n) is 14.3. The van der Waals surface area contributed by atoms with Gasteiger partial charge in [0.1, 0.15) is 11.5 Å². The summed E-state index contributed by atoms with van der Waals surface area (Å²) in [5.41, 5.74) is 31.1. The van der Waals surface area contributed by atoms with E-state index in [9.17, 15) is 10.2 Å². The Bertz CT molecular complexity index is 1960. The number of ether oxygens (including phenoxy) is 2. The molecule has 0 saturated heterocycles. The van der Waals surface area contributed by atoms with Crippen LogP contribution in [0.25, 0.3) is 53.8 Å². The number of aliphatic hydroxyl groups excluding tert-OH is 1. The van der Waals surface area contributed by atoms with Gasteiger partial charge in [0.05, 0.1) is 36.6 Å². The zero-order chi connectivity index (χ0) is 36.7. The zero-order valence-electron chi connectivity index (χ0n) is 27.7. The smallest absolute Gasteiger partial charge is 0.870 e. The summed E-state index contributed by atoms with van der Waals surface area (Å²) in [7, 11) is 3.96. The van der Waals surface area contributed by atoms with Crippen LogP contribution in [0.3, 0.4) is 0 Å². The first kappa shape index (κ1) is 45.8. The number of methoxy groups -OCH3 is 2. The third-order valence-electron chi connectivity index (χ3n) is 6.37. The van der Waals surface area contributed by atoms with Crippen LogP contribution in [0.1, 0.15) is 11.1 Å². The number of rotatable bonds is 6. The number of benzene rings is 4. The van der Waals surface area contributed by atoms with E-state index in [4.69, 9.17) is 36.7 Å². The van der Waals surface area contributed by atoms with Crippen LogP contribution >= 0.6 is 0 Å². The fourth-order valence-electron chi connectivity index (χ4n) is 4.25. The van der Waals surface area contributed by atoms with Crippen molar-refractivity contribution in [1.82, 2.24) is 9.97 Å². The van der Waals surface area contributed by atoms with E-state index in [2.05, 4.69) is 20.0 Å². The van der Waals surface area contributed by atoms with Crippen molar-refractivity contribution in [2.75, 3.05) is 21.3 Å². The van der Waals surface area contributed by atoms with Crippen LogP contribution in [0, 0.1) is 0 Å². The largest absolute Gasteiger partial charge is 2.00 e. The molecule has 2 heterocycles. The van der Waals surface area contributed by atoms with Gasteiger partial charge in [0.2, 0.25) is 0 Å².